The molecule has 7 rings (SSSR count). The van der Waals surface area contributed by atoms with Gasteiger partial charge in [-0.15, -0.1) is 0 Å². The molecule has 20 atom stereocenters. The molecule has 3 saturated carbocycles. The molecule has 2 saturated heterocycles. The molecule has 8 N–H and O–H groups in total. The van der Waals surface area contributed by atoms with E-state index in [1.165, 1.54) is 0 Å². The van der Waals surface area contributed by atoms with Crippen LogP contribution in [-0.2, 0) is 28.5 Å². The number of hydrogen-bond acceptors (Lipinski definition) is 14. The zero-order chi connectivity index (χ0) is 39.0. The number of rotatable bonds is 8. The van der Waals surface area contributed by atoms with Crippen LogP contribution in [-0.4, -0.2) is 140 Å². The molecule has 7 aliphatic rings. The summed E-state index contributed by atoms with van der Waals surface area (Å²) in [5, 5.41) is 84.3. The van der Waals surface area contributed by atoms with Crippen LogP contribution in [0.2, 0.25) is 0 Å². The van der Waals surface area contributed by atoms with Gasteiger partial charge < -0.3 is 64.5 Å². The quantitative estimate of drug-likeness (QED) is 0.127. The fourth-order valence-electron chi connectivity index (χ4n) is 11.9. The Morgan fingerprint density at radius 2 is 1.52 bits per heavy atom. The summed E-state index contributed by atoms with van der Waals surface area (Å²) >= 11 is 0. The van der Waals surface area contributed by atoms with Gasteiger partial charge in [-0.3, -0.25) is 0 Å². The third kappa shape index (κ3) is 6.73. The standard InChI is InChI=1S/C40H62O14/c1-17-12-26(52-36(49)18(17)2)19(3)23-8-9-24-22-7-6-20-13-21(14-29(42)40(20,5)25(22)10-11-39(23,24)4)51-38-35(48)33(46)31(44)28(54-38)16-50-37-34(47)32(45)30(43)27(15-41)53-37/h6,19,21-35,37-38,41-48H,7-16H2,1-5H3/t19-,21-,22-,23+,24-,25-,26-,27-,28+,29-,30-,31+,32+,33-,34+,35+,37-,38+,39+,40-/m1/s1. The van der Waals surface area contributed by atoms with Crippen molar-refractivity contribution in [3.8, 4) is 0 Å². The van der Waals surface area contributed by atoms with Crippen molar-refractivity contribution in [3.63, 3.8) is 0 Å². The van der Waals surface area contributed by atoms with Crippen molar-refractivity contribution >= 4 is 5.97 Å². The molecule has 14 heteroatoms. The molecular formula is C40H62O14. The summed E-state index contributed by atoms with van der Waals surface area (Å²) < 4.78 is 29.1. The van der Waals surface area contributed by atoms with E-state index in [2.05, 4.69) is 26.8 Å². The molecule has 14 nitrogen and oxygen atoms in total. The normalized spacial score (nSPS) is 51.5. The van der Waals surface area contributed by atoms with Crippen LogP contribution in [0.5, 0.6) is 0 Å². The summed E-state index contributed by atoms with van der Waals surface area (Å²) in [4.78, 5) is 12.6. The minimum Gasteiger partial charge on any atom is -0.458 e. The van der Waals surface area contributed by atoms with Gasteiger partial charge in [0.25, 0.3) is 0 Å². The van der Waals surface area contributed by atoms with E-state index in [9.17, 15) is 45.6 Å². The number of aliphatic hydroxyl groups is 8. The first-order valence-corrected chi connectivity index (χ1v) is 20.0. The van der Waals surface area contributed by atoms with Gasteiger partial charge in [0.2, 0.25) is 0 Å². The van der Waals surface area contributed by atoms with Gasteiger partial charge in [0, 0.05) is 23.8 Å². The van der Waals surface area contributed by atoms with Crippen molar-refractivity contribution in [2.75, 3.05) is 13.2 Å². The first kappa shape index (κ1) is 40.7. The van der Waals surface area contributed by atoms with Crippen molar-refractivity contribution in [1.82, 2.24) is 0 Å². The molecule has 0 aromatic carbocycles. The van der Waals surface area contributed by atoms with E-state index in [1.807, 2.05) is 13.8 Å². The SMILES string of the molecule is CC1=C(C)C(=O)O[C@@H]([C@H](C)[C@@H]2CC[C@@H]3[C@H]4CC=C5C[C@@H](O[C@H]6O[C@@H](CO[C@@H]7O[C@H](CO)[C@@H](O)[C@H](O)[C@@H]7O)[C@H](O)[C@@H](O)[C@@H]6O)C[C@@H](O)[C@@]5(C)[C@@H]4CC[C@]32C)C1. The Labute approximate surface area is 317 Å². The Balaban J connectivity index is 1.00. The van der Waals surface area contributed by atoms with Crippen LogP contribution < -0.4 is 0 Å². The number of carbonyl (C=O) groups excluding carboxylic acids is 1. The van der Waals surface area contributed by atoms with E-state index in [0.29, 0.717) is 30.1 Å². The average molecular weight is 767 g/mol. The Kier molecular flexibility index (Phi) is 11.5. The highest BCUT2D eigenvalue weighted by atomic mass is 16.7. The summed E-state index contributed by atoms with van der Waals surface area (Å²) in [5.74, 6) is 1.72. The van der Waals surface area contributed by atoms with E-state index >= 15 is 0 Å². The maximum absolute atomic E-state index is 12.6. The maximum Gasteiger partial charge on any atom is 0.333 e. The first-order valence-electron chi connectivity index (χ1n) is 20.0. The number of ether oxygens (including phenoxy) is 5. The van der Waals surface area contributed by atoms with Gasteiger partial charge in [-0.2, -0.15) is 0 Å². The van der Waals surface area contributed by atoms with Gasteiger partial charge in [0.1, 0.15) is 54.9 Å². The van der Waals surface area contributed by atoms with Crippen molar-refractivity contribution in [3.05, 3.63) is 22.8 Å². The molecule has 5 fully saturated rings. The molecule has 0 spiro atoms. The minimum atomic E-state index is -1.67. The molecule has 3 aliphatic heterocycles. The van der Waals surface area contributed by atoms with Crippen molar-refractivity contribution in [1.29, 1.82) is 0 Å². The van der Waals surface area contributed by atoms with Gasteiger partial charge in [-0.25, -0.2) is 4.79 Å². The molecule has 0 radical (unpaired) electrons. The van der Waals surface area contributed by atoms with Crippen LogP contribution >= 0.6 is 0 Å². The molecular weight excluding hydrogens is 704 g/mol. The van der Waals surface area contributed by atoms with Crippen molar-refractivity contribution < 1.29 is 69.3 Å². The third-order valence-electron chi connectivity index (χ3n) is 15.4. The second-order valence-corrected chi connectivity index (χ2v) is 18.0. The minimum absolute atomic E-state index is 0.103. The lowest BCUT2D eigenvalue weighted by molar-refractivity contribution is -0.337. The third-order valence-corrected chi connectivity index (χ3v) is 15.4. The Morgan fingerprint density at radius 3 is 2.20 bits per heavy atom. The maximum atomic E-state index is 12.6. The molecule has 0 bridgehead atoms. The summed E-state index contributed by atoms with van der Waals surface area (Å²) in [6.07, 6.45) is -7.38. The number of fused-ring (bicyclic) bond motifs is 5. The second-order valence-electron chi connectivity index (χ2n) is 18.0. The number of carbonyl (C=O) groups is 1. The number of allylic oxidation sites excluding steroid dienone is 1. The van der Waals surface area contributed by atoms with Crippen LogP contribution in [0.3, 0.4) is 0 Å². The molecule has 0 aromatic heterocycles. The zero-order valence-electron chi connectivity index (χ0n) is 32.1. The lowest BCUT2D eigenvalue weighted by atomic mass is 9.46. The predicted molar refractivity (Wildman–Crippen MR) is 190 cm³/mol. The van der Waals surface area contributed by atoms with E-state index in [-0.39, 0.29) is 29.8 Å². The molecule has 4 aliphatic carbocycles. The fourth-order valence-corrected chi connectivity index (χ4v) is 11.9. The van der Waals surface area contributed by atoms with Crippen LogP contribution in [0.4, 0.5) is 0 Å². The summed E-state index contributed by atoms with van der Waals surface area (Å²) in [6, 6.07) is 0. The van der Waals surface area contributed by atoms with Gasteiger partial charge in [-0.05, 0) is 87.4 Å². The van der Waals surface area contributed by atoms with E-state index < -0.39 is 92.2 Å². The van der Waals surface area contributed by atoms with Crippen molar-refractivity contribution in [2.45, 2.75) is 166 Å². The van der Waals surface area contributed by atoms with E-state index in [1.54, 1.807) is 0 Å². The second kappa shape index (κ2) is 15.3. The highest BCUT2D eigenvalue weighted by Crippen LogP contribution is 2.67. The Morgan fingerprint density at radius 1 is 0.852 bits per heavy atom. The predicted octanol–water partition coefficient (Wildman–Crippen LogP) is 0.834. The Hall–Kier alpha value is -1.53. The summed E-state index contributed by atoms with van der Waals surface area (Å²) in [6.45, 7) is 9.70. The van der Waals surface area contributed by atoms with Crippen LogP contribution in [0.15, 0.2) is 22.8 Å². The average Bonchev–Trinajstić information content (AvgIpc) is 3.50. The van der Waals surface area contributed by atoms with Gasteiger partial charge in [-0.1, -0.05) is 38.0 Å². The molecule has 306 valence electrons. The molecule has 54 heavy (non-hydrogen) atoms. The molecule has 0 aromatic rings. The lowest BCUT2D eigenvalue weighted by Crippen LogP contribution is -2.62. The van der Waals surface area contributed by atoms with Gasteiger partial charge >= 0.3 is 5.97 Å². The van der Waals surface area contributed by atoms with Crippen LogP contribution in [0.25, 0.3) is 0 Å². The van der Waals surface area contributed by atoms with Crippen LogP contribution in [0.1, 0.15) is 86.0 Å². The molecule has 3 heterocycles. The smallest absolute Gasteiger partial charge is 0.333 e. The van der Waals surface area contributed by atoms with Gasteiger partial charge in [0.05, 0.1) is 25.4 Å². The largest absolute Gasteiger partial charge is 0.458 e. The topological polar surface area (TPSA) is 225 Å². The first-order chi connectivity index (χ1) is 25.5. The number of hydrogen-bond donors (Lipinski definition) is 8. The number of cyclic esters (lactones) is 1. The highest BCUT2D eigenvalue weighted by molar-refractivity contribution is 5.89. The highest BCUT2D eigenvalue weighted by Gasteiger charge is 2.62. The fraction of sp³-hybridized carbons (Fsp3) is 0.875. The Bertz CT molecular complexity index is 1450. The van der Waals surface area contributed by atoms with Gasteiger partial charge in [0.15, 0.2) is 12.6 Å². The summed E-state index contributed by atoms with van der Waals surface area (Å²) in [5.41, 5.74) is 2.65. The van der Waals surface area contributed by atoms with E-state index in [4.69, 9.17) is 23.7 Å². The molecule has 0 amide bonds. The molecule has 0 unspecified atom stereocenters. The number of aliphatic hydroxyl groups excluding tert-OH is 8. The zero-order valence-corrected chi connectivity index (χ0v) is 32.1. The number of esters is 1. The van der Waals surface area contributed by atoms with Crippen LogP contribution in [0, 0.1) is 40.4 Å². The van der Waals surface area contributed by atoms with E-state index in [0.717, 1.165) is 55.2 Å². The summed E-state index contributed by atoms with van der Waals surface area (Å²) in [7, 11) is 0. The lowest BCUT2D eigenvalue weighted by Gasteiger charge is -2.60. The monoisotopic (exact) mass is 766 g/mol. The van der Waals surface area contributed by atoms with Crippen molar-refractivity contribution in [2.24, 2.45) is 40.4 Å².